The number of likely N-dealkylation sites (tertiary alicyclic amines) is 1. The minimum absolute atomic E-state index is 0.207. The SMILES string of the molecule is CCCN1C(=O)[C@@H]2[C@H](C1=O)[C@H](C(=O)c1ccc(F)cc1)N1C=Cc3ccccc3[C@@H]21. The third kappa shape index (κ3) is 2.56. The van der Waals surface area contributed by atoms with Gasteiger partial charge in [0.25, 0.3) is 0 Å². The molecule has 3 aliphatic heterocycles. The maximum atomic E-state index is 13.5. The monoisotopic (exact) mass is 404 g/mol. The van der Waals surface area contributed by atoms with E-state index in [0.29, 0.717) is 18.5 Å². The van der Waals surface area contributed by atoms with Gasteiger partial charge < -0.3 is 4.90 Å². The fourth-order valence-corrected chi connectivity index (χ4v) is 5.15. The summed E-state index contributed by atoms with van der Waals surface area (Å²) in [6.45, 7) is 2.27. The van der Waals surface area contributed by atoms with Crippen LogP contribution < -0.4 is 0 Å². The van der Waals surface area contributed by atoms with E-state index in [4.69, 9.17) is 0 Å². The molecular formula is C24H21FN2O3. The zero-order valence-electron chi connectivity index (χ0n) is 16.5. The largest absolute Gasteiger partial charge is 0.358 e. The third-order valence-electron chi connectivity index (χ3n) is 6.40. The van der Waals surface area contributed by atoms with Crippen molar-refractivity contribution in [2.24, 2.45) is 11.8 Å². The van der Waals surface area contributed by atoms with Crippen LogP contribution in [0.5, 0.6) is 0 Å². The Hall–Kier alpha value is -3.28. The average Bonchev–Trinajstić information content (AvgIpc) is 3.22. The summed E-state index contributed by atoms with van der Waals surface area (Å²) in [5, 5.41) is 0. The van der Waals surface area contributed by atoms with Gasteiger partial charge in [-0.2, -0.15) is 0 Å². The van der Waals surface area contributed by atoms with E-state index in [9.17, 15) is 18.8 Å². The Balaban J connectivity index is 1.64. The number of nitrogens with zero attached hydrogens (tertiary/aromatic N) is 2. The van der Waals surface area contributed by atoms with Gasteiger partial charge in [0.05, 0.1) is 17.9 Å². The van der Waals surface area contributed by atoms with Crippen molar-refractivity contribution in [1.82, 2.24) is 9.80 Å². The summed E-state index contributed by atoms with van der Waals surface area (Å²) in [5.74, 6) is -2.54. The lowest BCUT2D eigenvalue weighted by molar-refractivity contribution is -0.141. The Morgan fingerprint density at radius 1 is 1.00 bits per heavy atom. The molecule has 2 aromatic carbocycles. The molecule has 6 heteroatoms. The summed E-state index contributed by atoms with van der Waals surface area (Å²) in [6.07, 6.45) is 4.40. The minimum Gasteiger partial charge on any atom is -0.358 e. The van der Waals surface area contributed by atoms with Crippen molar-refractivity contribution in [3.63, 3.8) is 0 Å². The molecule has 2 aromatic rings. The van der Waals surface area contributed by atoms with Crippen molar-refractivity contribution < 1.29 is 18.8 Å². The number of rotatable bonds is 4. The second-order valence-electron chi connectivity index (χ2n) is 8.03. The molecule has 0 unspecified atom stereocenters. The summed E-state index contributed by atoms with van der Waals surface area (Å²) in [6, 6.07) is 11.9. The minimum atomic E-state index is -0.798. The van der Waals surface area contributed by atoms with Gasteiger partial charge >= 0.3 is 0 Å². The first-order valence-electron chi connectivity index (χ1n) is 10.2. The van der Waals surface area contributed by atoms with Crippen LogP contribution >= 0.6 is 0 Å². The quantitative estimate of drug-likeness (QED) is 0.579. The molecule has 152 valence electrons. The van der Waals surface area contributed by atoms with E-state index >= 15 is 0 Å². The van der Waals surface area contributed by atoms with Crippen LogP contribution in [0.4, 0.5) is 4.39 Å². The van der Waals surface area contributed by atoms with Crippen molar-refractivity contribution in [2.75, 3.05) is 6.54 Å². The van der Waals surface area contributed by atoms with Gasteiger partial charge in [0.2, 0.25) is 11.8 Å². The number of amides is 2. The van der Waals surface area contributed by atoms with E-state index in [2.05, 4.69) is 0 Å². The molecule has 0 aromatic heterocycles. The van der Waals surface area contributed by atoms with E-state index in [1.807, 2.05) is 48.4 Å². The predicted molar refractivity (Wildman–Crippen MR) is 109 cm³/mol. The molecule has 3 heterocycles. The third-order valence-corrected chi connectivity index (χ3v) is 6.40. The number of carbonyl (C=O) groups excluding carboxylic acids is 3. The molecule has 5 rings (SSSR count). The molecule has 2 saturated heterocycles. The van der Waals surface area contributed by atoms with E-state index < -0.39 is 23.7 Å². The highest BCUT2D eigenvalue weighted by molar-refractivity contribution is 6.12. The number of imide groups is 1. The average molecular weight is 404 g/mol. The van der Waals surface area contributed by atoms with Gasteiger partial charge in [-0.3, -0.25) is 19.3 Å². The summed E-state index contributed by atoms with van der Waals surface area (Å²) in [5.41, 5.74) is 2.27. The molecule has 0 radical (unpaired) electrons. The fraction of sp³-hybridized carbons (Fsp3) is 0.292. The lowest BCUT2D eigenvalue weighted by Crippen LogP contribution is -2.44. The number of benzene rings is 2. The summed E-state index contributed by atoms with van der Waals surface area (Å²) >= 11 is 0. The van der Waals surface area contributed by atoms with Crippen molar-refractivity contribution in [2.45, 2.75) is 25.4 Å². The van der Waals surface area contributed by atoms with Crippen molar-refractivity contribution in [1.29, 1.82) is 0 Å². The molecule has 30 heavy (non-hydrogen) atoms. The number of halogens is 1. The smallest absolute Gasteiger partial charge is 0.235 e. The molecule has 0 bridgehead atoms. The molecule has 2 amide bonds. The van der Waals surface area contributed by atoms with Crippen LogP contribution in [0.3, 0.4) is 0 Å². The van der Waals surface area contributed by atoms with E-state index in [-0.39, 0.29) is 23.6 Å². The second kappa shape index (κ2) is 6.90. The van der Waals surface area contributed by atoms with Crippen molar-refractivity contribution >= 4 is 23.7 Å². The molecular weight excluding hydrogens is 383 g/mol. The van der Waals surface area contributed by atoms with Crippen LogP contribution in [0.1, 0.15) is 40.9 Å². The normalized spacial score (nSPS) is 26.6. The van der Waals surface area contributed by atoms with Crippen LogP contribution in [-0.2, 0) is 9.59 Å². The van der Waals surface area contributed by atoms with Crippen LogP contribution in [-0.4, -0.2) is 40.0 Å². The number of fused-ring (bicyclic) bond motifs is 5. The Bertz CT molecular complexity index is 1080. The van der Waals surface area contributed by atoms with Gasteiger partial charge in [-0.25, -0.2) is 4.39 Å². The van der Waals surface area contributed by atoms with Gasteiger partial charge in [-0.05, 0) is 47.9 Å². The number of carbonyl (C=O) groups is 3. The Morgan fingerprint density at radius 2 is 1.70 bits per heavy atom. The summed E-state index contributed by atoms with van der Waals surface area (Å²) in [4.78, 5) is 43.3. The lowest BCUT2D eigenvalue weighted by Gasteiger charge is -2.35. The first-order chi connectivity index (χ1) is 14.5. The number of hydrogen-bond donors (Lipinski definition) is 0. The van der Waals surface area contributed by atoms with Gasteiger partial charge in [0, 0.05) is 18.3 Å². The lowest BCUT2D eigenvalue weighted by atomic mass is 9.83. The van der Waals surface area contributed by atoms with Crippen LogP contribution in [0.15, 0.2) is 54.7 Å². The topological polar surface area (TPSA) is 57.7 Å². The van der Waals surface area contributed by atoms with E-state index in [0.717, 1.165) is 11.1 Å². The molecule has 0 N–H and O–H groups in total. The molecule has 0 aliphatic carbocycles. The van der Waals surface area contributed by atoms with E-state index in [1.165, 1.54) is 29.2 Å². The number of Topliss-reactive ketones (excluding diaryl/α,β-unsaturated/α-hetero) is 1. The Kier molecular flexibility index (Phi) is 4.31. The first-order valence-corrected chi connectivity index (χ1v) is 10.2. The number of hydrogen-bond acceptors (Lipinski definition) is 4. The van der Waals surface area contributed by atoms with Crippen molar-refractivity contribution in [3.05, 3.63) is 77.2 Å². The maximum absolute atomic E-state index is 13.5. The highest BCUT2D eigenvalue weighted by Crippen LogP contribution is 2.53. The first kappa shape index (κ1) is 18.7. The molecule has 4 atom stereocenters. The van der Waals surface area contributed by atoms with Gasteiger partial charge in [-0.1, -0.05) is 31.2 Å². The Labute approximate surface area is 173 Å². The molecule has 3 aliphatic rings. The predicted octanol–water partition coefficient (Wildman–Crippen LogP) is 3.43. The van der Waals surface area contributed by atoms with Gasteiger partial charge in [0.15, 0.2) is 5.78 Å². The van der Waals surface area contributed by atoms with Gasteiger partial charge in [0.1, 0.15) is 11.9 Å². The summed E-state index contributed by atoms with van der Waals surface area (Å²) in [7, 11) is 0. The Morgan fingerprint density at radius 3 is 2.43 bits per heavy atom. The molecule has 2 fully saturated rings. The maximum Gasteiger partial charge on any atom is 0.235 e. The standard InChI is InChI=1S/C24H21FN2O3/c1-2-12-27-23(29)18-19(24(27)30)21(22(28)15-7-9-16(25)10-8-15)26-13-11-14-5-3-4-6-17(14)20(18)26/h3-11,13,18-21H,2,12H2,1H3/t18-,19+,20+,21-/m1/s1. The number of ketones is 1. The van der Waals surface area contributed by atoms with Crippen LogP contribution in [0, 0.1) is 17.7 Å². The second-order valence-corrected chi connectivity index (χ2v) is 8.03. The molecule has 0 spiro atoms. The zero-order valence-corrected chi connectivity index (χ0v) is 16.5. The fourth-order valence-electron chi connectivity index (χ4n) is 5.15. The van der Waals surface area contributed by atoms with Gasteiger partial charge in [-0.15, -0.1) is 0 Å². The zero-order chi connectivity index (χ0) is 21.0. The molecule has 0 saturated carbocycles. The molecule has 5 nitrogen and oxygen atoms in total. The van der Waals surface area contributed by atoms with Crippen LogP contribution in [0.25, 0.3) is 6.08 Å². The van der Waals surface area contributed by atoms with E-state index in [1.54, 1.807) is 0 Å². The van der Waals surface area contributed by atoms with Crippen LogP contribution in [0.2, 0.25) is 0 Å². The summed E-state index contributed by atoms with van der Waals surface area (Å²) < 4.78 is 13.4. The highest BCUT2D eigenvalue weighted by atomic mass is 19.1. The van der Waals surface area contributed by atoms with Crippen molar-refractivity contribution in [3.8, 4) is 0 Å². The highest BCUT2D eigenvalue weighted by Gasteiger charge is 2.64.